The number of amides is 3. The molecule has 0 saturated carbocycles. The van der Waals surface area contributed by atoms with Gasteiger partial charge in [-0.2, -0.15) is 0 Å². The summed E-state index contributed by atoms with van der Waals surface area (Å²) in [6.45, 7) is 3.84. The first-order valence-electron chi connectivity index (χ1n) is 13.4. The van der Waals surface area contributed by atoms with Crippen molar-refractivity contribution in [2.24, 2.45) is 5.92 Å². The predicted molar refractivity (Wildman–Crippen MR) is 162 cm³/mol. The molecule has 11 heteroatoms. The van der Waals surface area contributed by atoms with Gasteiger partial charge in [0.2, 0.25) is 11.8 Å². The molecule has 0 radical (unpaired) electrons. The Bertz CT molecular complexity index is 1730. The number of rotatable bonds is 8. The van der Waals surface area contributed by atoms with Gasteiger partial charge in [-0.15, -0.1) is 0 Å². The van der Waals surface area contributed by atoms with Crippen LogP contribution in [-0.2, 0) is 14.4 Å². The van der Waals surface area contributed by atoms with Crippen molar-refractivity contribution < 1.29 is 23.9 Å². The molecular weight excluding hydrogens is 574 g/mol. The van der Waals surface area contributed by atoms with E-state index < -0.39 is 17.1 Å². The highest BCUT2D eigenvalue weighted by Crippen LogP contribution is 2.53. The number of nitrogens with zero attached hydrogens (tertiary/aromatic N) is 1. The Kier molecular flexibility index (Phi) is 7.61. The number of aryl methyl sites for hydroxylation is 1. The number of thiazole rings is 1. The Labute approximate surface area is 249 Å². The van der Waals surface area contributed by atoms with Gasteiger partial charge in [0.15, 0.2) is 18.1 Å². The summed E-state index contributed by atoms with van der Waals surface area (Å²) in [6.07, 6.45) is 0. The van der Waals surface area contributed by atoms with Gasteiger partial charge in [-0.05, 0) is 55.3 Å². The number of benzene rings is 3. The molecule has 3 aromatic carbocycles. The summed E-state index contributed by atoms with van der Waals surface area (Å²) in [5, 5.41) is 2.75. The van der Waals surface area contributed by atoms with Crippen LogP contribution in [0.1, 0.15) is 28.8 Å². The first-order chi connectivity index (χ1) is 20.4. The Morgan fingerprint density at radius 2 is 1.71 bits per heavy atom. The average molecular weight is 602 g/mol. The molecule has 0 bridgehead atoms. The van der Waals surface area contributed by atoms with Crippen molar-refractivity contribution in [3.63, 3.8) is 0 Å². The Morgan fingerprint density at radius 3 is 2.48 bits per heavy atom. The van der Waals surface area contributed by atoms with Crippen LogP contribution in [0, 0.1) is 12.8 Å². The van der Waals surface area contributed by atoms with Crippen LogP contribution in [0.5, 0.6) is 11.5 Å². The molecule has 214 valence electrons. The third kappa shape index (κ3) is 5.10. The van der Waals surface area contributed by atoms with E-state index in [1.54, 1.807) is 42.5 Å². The minimum atomic E-state index is -0.720. The number of H-pyrrole nitrogens is 1. The van der Waals surface area contributed by atoms with E-state index in [0.717, 1.165) is 16.9 Å². The highest BCUT2D eigenvalue weighted by Gasteiger charge is 2.56. The number of anilines is 2. The number of aromatic nitrogens is 1. The van der Waals surface area contributed by atoms with Crippen molar-refractivity contribution >= 4 is 52.2 Å². The summed E-state index contributed by atoms with van der Waals surface area (Å²) in [7, 11) is 0. The summed E-state index contributed by atoms with van der Waals surface area (Å²) < 4.78 is 11.7. The van der Waals surface area contributed by atoms with Gasteiger partial charge in [0.1, 0.15) is 5.25 Å². The molecule has 42 heavy (non-hydrogen) atoms. The highest BCUT2D eigenvalue weighted by atomic mass is 32.2. The molecule has 0 aliphatic carbocycles. The lowest BCUT2D eigenvalue weighted by Crippen LogP contribution is -2.32. The van der Waals surface area contributed by atoms with Gasteiger partial charge in [0.25, 0.3) is 5.91 Å². The first kappa shape index (κ1) is 27.8. The van der Waals surface area contributed by atoms with Crippen molar-refractivity contribution in [1.29, 1.82) is 0 Å². The number of thioether (sulfide) groups is 1. The molecule has 3 amide bonds. The quantitative estimate of drug-likeness (QED) is 0.274. The van der Waals surface area contributed by atoms with Gasteiger partial charge in [0, 0.05) is 16.5 Å². The van der Waals surface area contributed by atoms with E-state index in [0.29, 0.717) is 44.9 Å². The molecule has 4 aromatic rings. The molecule has 3 heterocycles. The van der Waals surface area contributed by atoms with Gasteiger partial charge in [-0.3, -0.25) is 19.2 Å². The van der Waals surface area contributed by atoms with Crippen molar-refractivity contribution in [2.45, 2.75) is 30.0 Å². The summed E-state index contributed by atoms with van der Waals surface area (Å²) in [5.74, 6) is -1.46. The zero-order valence-corrected chi connectivity index (χ0v) is 24.4. The van der Waals surface area contributed by atoms with Crippen molar-refractivity contribution in [1.82, 2.24) is 4.98 Å². The van der Waals surface area contributed by atoms with Crippen LogP contribution in [0.3, 0.4) is 0 Å². The number of carbonyl (C=O) groups is 3. The smallest absolute Gasteiger partial charge is 0.305 e. The lowest BCUT2D eigenvalue weighted by molar-refractivity contribution is -0.122. The summed E-state index contributed by atoms with van der Waals surface area (Å²) in [5.41, 5.74) is 2.86. The minimum Gasteiger partial charge on any atom is -0.490 e. The highest BCUT2D eigenvalue weighted by molar-refractivity contribution is 8.00. The second kappa shape index (κ2) is 11.5. The Balaban J connectivity index is 1.32. The topological polar surface area (TPSA) is 118 Å². The van der Waals surface area contributed by atoms with Crippen LogP contribution < -0.4 is 24.6 Å². The number of nitrogens with one attached hydrogen (secondary N) is 2. The van der Waals surface area contributed by atoms with Crippen molar-refractivity contribution in [2.75, 3.05) is 23.4 Å². The fourth-order valence-electron chi connectivity index (χ4n) is 5.36. The lowest BCUT2D eigenvalue weighted by Gasteiger charge is -2.30. The minimum absolute atomic E-state index is 0.235. The largest absolute Gasteiger partial charge is 0.490 e. The zero-order chi connectivity index (χ0) is 29.4. The second-order valence-electron chi connectivity index (χ2n) is 9.89. The van der Waals surface area contributed by atoms with E-state index in [4.69, 9.17) is 9.47 Å². The molecule has 3 unspecified atom stereocenters. The molecule has 9 nitrogen and oxygen atoms in total. The maximum atomic E-state index is 13.9. The van der Waals surface area contributed by atoms with Crippen LogP contribution >= 0.6 is 23.1 Å². The van der Waals surface area contributed by atoms with E-state index >= 15 is 0 Å². The van der Waals surface area contributed by atoms with Crippen molar-refractivity contribution in [3.8, 4) is 11.5 Å². The van der Waals surface area contributed by atoms with E-state index in [9.17, 15) is 19.2 Å². The van der Waals surface area contributed by atoms with Gasteiger partial charge in [-0.1, -0.05) is 65.6 Å². The number of hydrogen-bond acceptors (Lipinski definition) is 8. The van der Waals surface area contributed by atoms with E-state index in [-0.39, 0.29) is 29.2 Å². The SMILES string of the molecule is CCOc1cc(C2c3sc(=O)[nH]c3SC3C(=O)N(c4ccccc4)C(=O)C32)ccc1OCC(=O)Nc1ccccc1C. The lowest BCUT2D eigenvalue weighted by atomic mass is 9.83. The molecule has 2 aliphatic rings. The first-order valence-corrected chi connectivity index (χ1v) is 15.1. The molecule has 3 atom stereocenters. The monoisotopic (exact) mass is 601 g/mol. The normalized spacial score (nSPS) is 19.3. The fraction of sp³-hybridized carbons (Fsp3) is 0.226. The number of aromatic amines is 1. The molecular formula is C31H27N3O6S2. The van der Waals surface area contributed by atoms with Gasteiger partial charge in [0.05, 0.1) is 23.2 Å². The van der Waals surface area contributed by atoms with Crippen LogP contribution in [0.2, 0.25) is 0 Å². The number of fused-ring (bicyclic) bond motifs is 2. The van der Waals surface area contributed by atoms with E-state index in [1.807, 2.05) is 44.2 Å². The number of para-hydroxylation sites is 2. The van der Waals surface area contributed by atoms with Crippen LogP contribution in [0.15, 0.2) is 82.6 Å². The molecule has 1 fully saturated rings. The Morgan fingerprint density at radius 1 is 0.952 bits per heavy atom. The molecule has 1 saturated heterocycles. The van der Waals surface area contributed by atoms with Crippen LogP contribution in [0.25, 0.3) is 0 Å². The molecule has 2 N–H and O–H groups in total. The predicted octanol–water partition coefficient (Wildman–Crippen LogP) is 4.96. The third-order valence-electron chi connectivity index (χ3n) is 7.24. The average Bonchev–Trinajstić information content (AvgIpc) is 3.48. The standard InChI is InChI=1S/C31H27N3O6S2/c1-3-39-22-15-18(13-14-21(22)40-16-23(35)32-20-12-8-7-9-17(20)2)24-25-27(41-28-26(24)42-31(38)33-28)30(37)34(29(25)36)19-10-5-4-6-11-19/h4-15,24-25,27H,3,16H2,1-2H3,(H,32,35)(H,33,38). The maximum Gasteiger partial charge on any atom is 0.305 e. The van der Waals surface area contributed by atoms with Gasteiger partial charge < -0.3 is 19.8 Å². The van der Waals surface area contributed by atoms with Crippen molar-refractivity contribution in [3.05, 3.63) is 98.5 Å². The molecule has 0 spiro atoms. The third-order valence-corrected chi connectivity index (χ3v) is 9.64. The summed E-state index contributed by atoms with van der Waals surface area (Å²) >= 11 is 2.27. The molecule has 1 aromatic heterocycles. The van der Waals surface area contributed by atoms with Gasteiger partial charge in [-0.25, -0.2) is 4.90 Å². The van der Waals surface area contributed by atoms with Crippen LogP contribution in [0.4, 0.5) is 11.4 Å². The second-order valence-corrected chi connectivity index (χ2v) is 12.1. The van der Waals surface area contributed by atoms with E-state index in [1.165, 1.54) is 16.7 Å². The van der Waals surface area contributed by atoms with Gasteiger partial charge >= 0.3 is 4.87 Å². The molecule has 2 aliphatic heterocycles. The van der Waals surface area contributed by atoms with E-state index in [2.05, 4.69) is 10.3 Å². The van der Waals surface area contributed by atoms with Crippen LogP contribution in [-0.4, -0.2) is 41.2 Å². The number of carbonyl (C=O) groups excluding carboxylic acids is 3. The Hall–Kier alpha value is -4.35. The zero-order valence-electron chi connectivity index (χ0n) is 22.8. The summed E-state index contributed by atoms with van der Waals surface area (Å²) in [4.78, 5) is 57.1. The maximum absolute atomic E-state index is 13.9. The number of hydrogen-bond donors (Lipinski definition) is 2. The summed E-state index contributed by atoms with van der Waals surface area (Å²) in [6, 6.07) is 21.6. The molecule has 6 rings (SSSR count). The number of ether oxygens (including phenoxy) is 2. The number of imide groups is 1. The fourth-order valence-corrected chi connectivity index (χ4v) is 7.87.